The first-order valence-electron chi connectivity index (χ1n) is 3.65. The molecule has 1 saturated carbocycles. The van der Waals surface area contributed by atoms with Gasteiger partial charge in [0.1, 0.15) is 5.67 Å². The van der Waals surface area contributed by atoms with Gasteiger partial charge in [0.15, 0.2) is 0 Å². The average molecular weight is 146 g/mol. The van der Waals surface area contributed by atoms with Gasteiger partial charge < -0.3 is 4.74 Å². The fourth-order valence-corrected chi connectivity index (χ4v) is 2.18. The molecule has 0 aromatic rings. The second-order valence-corrected chi connectivity index (χ2v) is 4.01. The highest BCUT2D eigenvalue weighted by atomic mass is 19.1. The van der Waals surface area contributed by atoms with Crippen LogP contribution in [0.15, 0.2) is 0 Å². The Morgan fingerprint density at radius 1 is 1.40 bits per heavy atom. The standard InChI is InChI=1S/C8H15FO/c1-7(6-10-3)4-8(2,9)5-7/h4-6H2,1-3H3. The highest BCUT2D eigenvalue weighted by Gasteiger charge is 2.49. The third-order valence-electron chi connectivity index (χ3n) is 2.08. The van der Waals surface area contributed by atoms with Crippen molar-refractivity contribution in [2.75, 3.05) is 13.7 Å². The Hall–Kier alpha value is -0.110. The fourth-order valence-electron chi connectivity index (χ4n) is 2.18. The molecule has 0 amide bonds. The third-order valence-corrected chi connectivity index (χ3v) is 2.08. The van der Waals surface area contributed by atoms with Crippen LogP contribution in [-0.4, -0.2) is 19.4 Å². The zero-order valence-electron chi connectivity index (χ0n) is 6.91. The van der Waals surface area contributed by atoms with E-state index in [-0.39, 0.29) is 5.41 Å². The first-order valence-corrected chi connectivity index (χ1v) is 3.65. The lowest BCUT2D eigenvalue weighted by Crippen LogP contribution is -2.47. The maximum Gasteiger partial charge on any atom is 0.109 e. The van der Waals surface area contributed by atoms with E-state index in [2.05, 4.69) is 6.92 Å². The normalized spacial score (nSPS) is 46.8. The topological polar surface area (TPSA) is 9.23 Å². The Labute approximate surface area is 61.6 Å². The molecule has 0 atom stereocenters. The molecule has 60 valence electrons. The maximum absolute atomic E-state index is 13.0. The SMILES string of the molecule is COCC1(C)CC(C)(F)C1. The van der Waals surface area contributed by atoms with E-state index in [0.717, 1.165) is 0 Å². The molecular weight excluding hydrogens is 131 g/mol. The van der Waals surface area contributed by atoms with E-state index in [9.17, 15) is 4.39 Å². The Balaban J connectivity index is 2.34. The summed E-state index contributed by atoms with van der Waals surface area (Å²) in [6.07, 6.45) is 1.29. The van der Waals surface area contributed by atoms with Crippen LogP contribution in [0.3, 0.4) is 0 Å². The quantitative estimate of drug-likeness (QED) is 0.580. The summed E-state index contributed by atoms with van der Waals surface area (Å²) in [6.45, 7) is 4.41. The number of alkyl halides is 1. The van der Waals surface area contributed by atoms with Crippen LogP contribution in [0.2, 0.25) is 0 Å². The van der Waals surface area contributed by atoms with E-state index in [1.165, 1.54) is 0 Å². The molecule has 0 saturated heterocycles. The van der Waals surface area contributed by atoms with Crippen LogP contribution >= 0.6 is 0 Å². The Bertz CT molecular complexity index is 123. The molecule has 10 heavy (non-hydrogen) atoms. The predicted molar refractivity (Wildman–Crippen MR) is 38.7 cm³/mol. The maximum atomic E-state index is 13.0. The van der Waals surface area contributed by atoms with E-state index in [1.807, 2.05) is 0 Å². The van der Waals surface area contributed by atoms with Gasteiger partial charge in [-0.3, -0.25) is 0 Å². The molecule has 0 heterocycles. The number of ether oxygens (including phenoxy) is 1. The van der Waals surface area contributed by atoms with Crippen molar-refractivity contribution in [2.24, 2.45) is 5.41 Å². The minimum absolute atomic E-state index is 0.109. The molecule has 0 unspecified atom stereocenters. The summed E-state index contributed by atoms with van der Waals surface area (Å²) in [5, 5.41) is 0. The number of halogens is 1. The van der Waals surface area contributed by atoms with Gasteiger partial charge in [0.2, 0.25) is 0 Å². The number of hydrogen-bond acceptors (Lipinski definition) is 1. The van der Waals surface area contributed by atoms with Crippen molar-refractivity contribution in [2.45, 2.75) is 32.4 Å². The highest BCUT2D eigenvalue weighted by Crippen LogP contribution is 2.50. The second-order valence-electron chi connectivity index (χ2n) is 4.01. The first kappa shape index (κ1) is 7.99. The van der Waals surface area contributed by atoms with Crippen LogP contribution < -0.4 is 0 Å². The van der Waals surface area contributed by atoms with Crippen molar-refractivity contribution in [3.63, 3.8) is 0 Å². The summed E-state index contributed by atoms with van der Waals surface area (Å²) in [4.78, 5) is 0. The van der Waals surface area contributed by atoms with Gasteiger partial charge in [-0.2, -0.15) is 0 Å². The van der Waals surface area contributed by atoms with Crippen LogP contribution in [0.5, 0.6) is 0 Å². The summed E-state index contributed by atoms with van der Waals surface area (Å²) in [5.74, 6) is 0. The van der Waals surface area contributed by atoms with Gasteiger partial charge in [0.05, 0.1) is 6.61 Å². The minimum atomic E-state index is -0.923. The number of methoxy groups -OCH3 is 1. The summed E-state index contributed by atoms with van der Waals surface area (Å²) in [7, 11) is 1.67. The van der Waals surface area contributed by atoms with Gasteiger partial charge >= 0.3 is 0 Å². The van der Waals surface area contributed by atoms with Crippen molar-refractivity contribution >= 4 is 0 Å². The smallest absolute Gasteiger partial charge is 0.109 e. The number of hydrogen-bond donors (Lipinski definition) is 0. The van der Waals surface area contributed by atoms with Gasteiger partial charge in [-0.15, -0.1) is 0 Å². The average Bonchev–Trinajstić information content (AvgIpc) is 1.58. The molecule has 0 N–H and O–H groups in total. The predicted octanol–water partition coefficient (Wildman–Crippen LogP) is 2.16. The number of rotatable bonds is 2. The summed E-state index contributed by atoms with van der Waals surface area (Å²) >= 11 is 0. The first-order chi connectivity index (χ1) is 4.47. The molecule has 1 aliphatic rings. The van der Waals surface area contributed by atoms with E-state index in [0.29, 0.717) is 19.4 Å². The summed E-state index contributed by atoms with van der Waals surface area (Å²) < 4.78 is 17.9. The lowest BCUT2D eigenvalue weighted by Gasteiger charge is -2.47. The zero-order chi connectivity index (χ0) is 7.83. The molecule has 0 aromatic heterocycles. The Morgan fingerprint density at radius 2 is 1.90 bits per heavy atom. The van der Waals surface area contributed by atoms with Gasteiger partial charge in [-0.25, -0.2) is 4.39 Å². The molecule has 0 spiro atoms. The van der Waals surface area contributed by atoms with Crippen molar-refractivity contribution in [1.82, 2.24) is 0 Å². The van der Waals surface area contributed by atoms with E-state index < -0.39 is 5.67 Å². The van der Waals surface area contributed by atoms with Crippen LogP contribution in [0.4, 0.5) is 4.39 Å². The molecule has 0 radical (unpaired) electrons. The lowest BCUT2D eigenvalue weighted by atomic mass is 9.62. The lowest BCUT2D eigenvalue weighted by molar-refractivity contribution is -0.0814. The molecule has 2 heteroatoms. The van der Waals surface area contributed by atoms with Crippen molar-refractivity contribution in [1.29, 1.82) is 0 Å². The van der Waals surface area contributed by atoms with Gasteiger partial charge in [-0.05, 0) is 25.2 Å². The fraction of sp³-hybridized carbons (Fsp3) is 1.00. The molecule has 1 rings (SSSR count). The second kappa shape index (κ2) is 2.19. The van der Waals surface area contributed by atoms with E-state index in [1.54, 1.807) is 14.0 Å². The molecular formula is C8H15FO. The van der Waals surface area contributed by atoms with Gasteiger partial charge in [-0.1, -0.05) is 6.92 Å². The molecule has 0 bridgehead atoms. The Kier molecular flexibility index (Phi) is 1.75. The van der Waals surface area contributed by atoms with Crippen LogP contribution in [-0.2, 0) is 4.74 Å². The monoisotopic (exact) mass is 146 g/mol. The molecule has 0 aromatic carbocycles. The van der Waals surface area contributed by atoms with E-state index in [4.69, 9.17) is 4.74 Å². The van der Waals surface area contributed by atoms with Gasteiger partial charge in [0.25, 0.3) is 0 Å². The highest BCUT2D eigenvalue weighted by molar-refractivity contribution is 4.99. The minimum Gasteiger partial charge on any atom is -0.384 e. The largest absolute Gasteiger partial charge is 0.384 e. The van der Waals surface area contributed by atoms with E-state index >= 15 is 0 Å². The Morgan fingerprint density at radius 3 is 2.20 bits per heavy atom. The summed E-state index contributed by atoms with van der Waals surface area (Å²) in [6, 6.07) is 0. The van der Waals surface area contributed by atoms with Crippen LogP contribution in [0.25, 0.3) is 0 Å². The molecule has 1 fully saturated rings. The molecule has 1 aliphatic carbocycles. The van der Waals surface area contributed by atoms with Crippen LogP contribution in [0, 0.1) is 5.41 Å². The molecule has 1 nitrogen and oxygen atoms in total. The van der Waals surface area contributed by atoms with Crippen LogP contribution in [0.1, 0.15) is 26.7 Å². The third kappa shape index (κ3) is 1.48. The van der Waals surface area contributed by atoms with Gasteiger partial charge in [0, 0.05) is 7.11 Å². The van der Waals surface area contributed by atoms with Crippen molar-refractivity contribution in [3.8, 4) is 0 Å². The van der Waals surface area contributed by atoms with Crippen molar-refractivity contribution < 1.29 is 9.13 Å². The van der Waals surface area contributed by atoms with Crippen molar-refractivity contribution in [3.05, 3.63) is 0 Å². The summed E-state index contributed by atoms with van der Waals surface area (Å²) in [5.41, 5.74) is -0.814. The zero-order valence-corrected chi connectivity index (χ0v) is 6.91. The molecule has 0 aliphatic heterocycles.